The molecule has 0 radical (unpaired) electrons. The Balaban J connectivity index is 1.70. The molecule has 2 fully saturated rings. The smallest absolute Gasteiger partial charge is 0.0705 e. The maximum atomic E-state index is 5.52. The van der Waals surface area contributed by atoms with E-state index in [2.05, 4.69) is 24.2 Å². The Morgan fingerprint density at radius 2 is 2.14 bits per heavy atom. The highest BCUT2D eigenvalue weighted by Crippen LogP contribution is 2.26. The summed E-state index contributed by atoms with van der Waals surface area (Å²) in [4.78, 5) is 8.08. The first-order valence-corrected chi connectivity index (χ1v) is 5.85. The summed E-state index contributed by atoms with van der Waals surface area (Å²) >= 11 is 0. The van der Waals surface area contributed by atoms with Crippen molar-refractivity contribution in [1.29, 1.82) is 0 Å². The minimum Gasteiger partial charge on any atom is -0.303 e. The second-order valence-corrected chi connectivity index (χ2v) is 5.07. The molecule has 3 heteroatoms. The van der Waals surface area contributed by atoms with Crippen LogP contribution in [0.5, 0.6) is 0 Å². The lowest BCUT2D eigenvalue weighted by atomic mass is 9.95. The minimum absolute atomic E-state index is 0.604. The molecule has 2 heterocycles. The molecule has 0 spiro atoms. The van der Waals surface area contributed by atoms with Crippen molar-refractivity contribution in [2.45, 2.75) is 32.7 Å². The van der Waals surface area contributed by atoms with Gasteiger partial charge in [0.15, 0.2) is 0 Å². The fourth-order valence-corrected chi connectivity index (χ4v) is 2.43. The Hall–Kier alpha value is -0.120. The summed E-state index contributed by atoms with van der Waals surface area (Å²) in [5, 5.41) is 0. The molecule has 0 amide bonds. The maximum Gasteiger partial charge on any atom is 0.0705 e. The van der Waals surface area contributed by atoms with Crippen molar-refractivity contribution in [3.8, 4) is 0 Å². The monoisotopic (exact) mass is 198 g/mol. The Kier molecular flexibility index (Phi) is 3.42. The standard InChI is InChI=1S/C11H22N2O/c1-9(2)8-14-12-11-4-6-13-5-3-10(11)7-13/h9-12H,3-8H2,1-2H3. The van der Waals surface area contributed by atoms with E-state index < -0.39 is 0 Å². The van der Waals surface area contributed by atoms with Gasteiger partial charge in [0.05, 0.1) is 6.61 Å². The van der Waals surface area contributed by atoms with Gasteiger partial charge in [0.25, 0.3) is 0 Å². The van der Waals surface area contributed by atoms with Gasteiger partial charge in [-0.05, 0) is 37.8 Å². The first-order chi connectivity index (χ1) is 6.75. The van der Waals surface area contributed by atoms with Crippen LogP contribution in [0.15, 0.2) is 0 Å². The quantitative estimate of drug-likeness (QED) is 0.688. The molecule has 2 saturated heterocycles. The number of piperidine rings is 1. The molecule has 0 saturated carbocycles. The number of nitrogens with one attached hydrogen (secondary N) is 1. The van der Waals surface area contributed by atoms with Gasteiger partial charge in [-0.15, -0.1) is 0 Å². The molecule has 3 nitrogen and oxygen atoms in total. The largest absolute Gasteiger partial charge is 0.303 e. The predicted molar refractivity (Wildman–Crippen MR) is 56.9 cm³/mol. The van der Waals surface area contributed by atoms with Crippen LogP contribution in [0.4, 0.5) is 0 Å². The van der Waals surface area contributed by atoms with Gasteiger partial charge in [0.2, 0.25) is 0 Å². The highest BCUT2D eigenvalue weighted by atomic mass is 16.6. The van der Waals surface area contributed by atoms with E-state index in [-0.39, 0.29) is 0 Å². The number of hydrogen-bond acceptors (Lipinski definition) is 3. The molecule has 14 heavy (non-hydrogen) atoms. The molecule has 0 aromatic carbocycles. The SMILES string of the molecule is CC(C)CONC1CCN2CCC1C2. The fraction of sp³-hybridized carbons (Fsp3) is 1.00. The molecule has 2 rings (SSSR count). The van der Waals surface area contributed by atoms with Crippen LogP contribution in [0.2, 0.25) is 0 Å². The molecule has 0 aliphatic carbocycles. The van der Waals surface area contributed by atoms with Gasteiger partial charge < -0.3 is 9.74 Å². The fourth-order valence-electron chi connectivity index (χ4n) is 2.43. The molecular weight excluding hydrogens is 176 g/mol. The molecular formula is C11H22N2O. The van der Waals surface area contributed by atoms with Gasteiger partial charge in [0.1, 0.15) is 0 Å². The van der Waals surface area contributed by atoms with E-state index >= 15 is 0 Å². The van der Waals surface area contributed by atoms with E-state index in [1.165, 1.54) is 32.5 Å². The van der Waals surface area contributed by atoms with E-state index in [0.717, 1.165) is 12.5 Å². The molecule has 82 valence electrons. The predicted octanol–water partition coefficient (Wildman–Crippen LogP) is 1.26. The van der Waals surface area contributed by atoms with E-state index in [1.54, 1.807) is 0 Å². The highest BCUT2D eigenvalue weighted by Gasteiger charge is 2.34. The Bertz CT molecular complexity index is 184. The summed E-state index contributed by atoms with van der Waals surface area (Å²) in [7, 11) is 0. The summed E-state index contributed by atoms with van der Waals surface area (Å²) in [6.45, 7) is 9.02. The number of hydrogen-bond donors (Lipinski definition) is 1. The van der Waals surface area contributed by atoms with Crippen LogP contribution in [0.25, 0.3) is 0 Å². The first-order valence-electron chi connectivity index (χ1n) is 5.85. The molecule has 0 aromatic rings. The minimum atomic E-state index is 0.604. The summed E-state index contributed by atoms with van der Waals surface area (Å²) in [6.07, 6.45) is 2.60. The molecule has 3 atom stereocenters. The normalized spacial score (nSPS) is 36.6. The zero-order valence-electron chi connectivity index (χ0n) is 9.33. The zero-order chi connectivity index (χ0) is 9.97. The van der Waals surface area contributed by atoms with Crippen molar-refractivity contribution in [2.75, 3.05) is 26.2 Å². The molecule has 2 bridgehead atoms. The Labute approximate surface area is 86.8 Å². The topological polar surface area (TPSA) is 24.5 Å². The second-order valence-electron chi connectivity index (χ2n) is 5.07. The summed E-state index contributed by atoms with van der Waals surface area (Å²) in [5.74, 6) is 1.45. The Morgan fingerprint density at radius 3 is 2.93 bits per heavy atom. The van der Waals surface area contributed by atoms with Crippen molar-refractivity contribution in [3.05, 3.63) is 0 Å². The summed E-state index contributed by atoms with van der Waals surface area (Å²) < 4.78 is 0. The molecule has 0 aromatic heterocycles. The maximum absolute atomic E-state index is 5.52. The number of rotatable bonds is 4. The molecule has 2 aliphatic heterocycles. The zero-order valence-corrected chi connectivity index (χ0v) is 9.33. The number of fused-ring (bicyclic) bond motifs is 2. The van der Waals surface area contributed by atoms with Crippen LogP contribution in [-0.2, 0) is 4.84 Å². The lowest BCUT2D eigenvalue weighted by Gasteiger charge is -2.30. The van der Waals surface area contributed by atoms with E-state index in [1.807, 2.05) is 0 Å². The third-order valence-electron chi connectivity index (χ3n) is 3.29. The van der Waals surface area contributed by atoms with E-state index in [0.29, 0.717) is 12.0 Å². The molecule has 2 aliphatic rings. The third kappa shape index (κ3) is 2.47. The number of hydroxylamine groups is 1. The van der Waals surface area contributed by atoms with Crippen LogP contribution < -0.4 is 5.48 Å². The van der Waals surface area contributed by atoms with Crippen LogP contribution in [-0.4, -0.2) is 37.2 Å². The Morgan fingerprint density at radius 1 is 1.36 bits per heavy atom. The highest BCUT2D eigenvalue weighted by molar-refractivity contribution is 4.89. The van der Waals surface area contributed by atoms with Crippen molar-refractivity contribution >= 4 is 0 Å². The van der Waals surface area contributed by atoms with Crippen LogP contribution in [0.3, 0.4) is 0 Å². The van der Waals surface area contributed by atoms with E-state index in [4.69, 9.17) is 4.84 Å². The van der Waals surface area contributed by atoms with Crippen LogP contribution >= 0.6 is 0 Å². The summed E-state index contributed by atoms with van der Waals surface area (Å²) in [5.41, 5.74) is 3.25. The van der Waals surface area contributed by atoms with E-state index in [9.17, 15) is 0 Å². The van der Waals surface area contributed by atoms with Gasteiger partial charge in [-0.25, -0.2) is 0 Å². The van der Waals surface area contributed by atoms with Crippen molar-refractivity contribution in [3.63, 3.8) is 0 Å². The third-order valence-corrected chi connectivity index (χ3v) is 3.29. The second kappa shape index (κ2) is 4.60. The summed E-state index contributed by atoms with van der Waals surface area (Å²) in [6, 6.07) is 0.604. The lowest BCUT2D eigenvalue weighted by molar-refractivity contribution is -0.0203. The van der Waals surface area contributed by atoms with Gasteiger partial charge in [-0.3, -0.25) is 0 Å². The van der Waals surface area contributed by atoms with Crippen molar-refractivity contribution in [1.82, 2.24) is 10.4 Å². The first kappa shape index (κ1) is 10.4. The molecule has 1 N–H and O–H groups in total. The van der Waals surface area contributed by atoms with Gasteiger partial charge in [-0.1, -0.05) is 13.8 Å². The lowest BCUT2D eigenvalue weighted by Crippen LogP contribution is -2.44. The molecule has 3 unspecified atom stereocenters. The van der Waals surface area contributed by atoms with Crippen LogP contribution in [0, 0.1) is 11.8 Å². The van der Waals surface area contributed by atoms with Crippen molar-refractivity contribution < 1.29 is 4.84 Å². The average molecular weight is 198 g/mol. The van der Waals surface area contributed by atoms with Gasteiger partial charge in [0, 0.05) is 12.6 Å². The van der Waals surface area contributed by atoms with Crippen molar-refractivity contribution in [2.24, 2.45) is 11.8 Å². The van der Waals surface area contributed by atoms with Gasteiger partial charge in [-0.2, -0.15) is 5.48 Å². The average Bonchev–Trinajstić information content (AvgIpc) is 2.52. The van der Waals surface area contributed by atoms with Gasteiger partial charge >= 0.3 is 0 Å². The number of nitrogens with zero attached hydrogens (tertiary/aromatic N) is 1. The van der Waals surface area contributed by atoms with Crippen LogP contribution in [0.1, 0.15) is 26.7 Å².